The molecule has 2 rings (SSSR count). The standard InChI is InChI=1S/C14H22N4O2/c1-4-13-12(8-15-17(13)3)14(20)18-7-5-6-11(9-18)16-10(2)19/h8,11H,4-7,9H2,1-3H3,(H,16,19)/t11-/m0/s1. The Balaban J connectivity index is 2.10. The van der Waals surface area contributed by atoms with Gasteiger partial charge in [0.15, 0.2) is 0 Å². The molecule has 6 nitrogen and oxygen atoms in total. The SMILES string of the molecule is CCc1c(C(=O)N2CCC[C@H](NC(C)=O)C2)cnn1C. The number of aromatic nitrogens is 2. The van der Waals surface area contributed by atoms with E-state index in [2.05, 4.69) is 10.4 Å². The molecule has 0 aliphatic carbocycles. The first-order valence-corrected chi connectivity index (χ1v) is 7.10. The van der Waals surface area contributed by atoms with Crippen LogP contribution in [-0.2, 0) is 18.3 Å². The quantitative estimate of drug-likeness (QED) is 0.886. The molecule has 0 bridgehead atoms. The van der Waals surface area contributed by atoms with Crippen molar-refractivity contribution < 1.29 is 9.59 Å². The monoisotopic (exact) mass is 278 g/mol. The van der Waals surface area contributed by atoms with Crippen LogP contribution in [0.25, 0.3) is 0 Å². The smallest absolute Gasteiger partial charge is 0.257 e. The van der Waals surface area contributed by atoms with Gasteiger partial charge in [-0.2, -0.15) is 5.10 Å². The summed E-state index contributed by atoms with van der Waals surface area (Å²) in [7, 11) is 1.85. The van der Waals surface area contributed by atoms with E-state index in [1.54, 1.807) is 10.9 Å². The highest BCUT2D eigenvalue weighted by Gasteiger charge is 2.27. The van der Waals surface area contributed by atoms with Gasteiger partial charge in [-0.15, -0.1) is 0 Å². The summed E-state index contributed by atoms with van der Waals surface area (Å²) >= 11 is 0. The summed E-state index contributed by atoms with van der Waals surface area (Å²) in [6.07, 6.45) is 4.26. The maximum atomic E-state index is 12.6. The Morgan fingerprint density at radius 2 is 2.25 bits per heavy atom. The first-order chi connectivity index (χ1) is 9.52. The van der Waals surface area contributed by atoms with Crippen molar-refractivity contribution >= 4 is 11.8 Å². The topological polar surface area (TPSA) is 67.2 Å². The third-order valence-corrected chi connectivity index (χ3v) is 3.74. The van der Waals surface area contributed by atoms with Crippen molar-refractivity contribution in [2.75, 3.05) is 13.1 Å². The summed E-state index contributed by atoms with van der Waals surface area (Å²) in [5.41, 5.74) is 1.63. The highest BCUT2D eigenvalue weighted by Crippen LogP contribution is 2.16. The average molecular weight is 278 g/mol. The predicted octanol–water partition coefficient (Wildman–Crippen LogP) is 0.723. The Hall–Kier alpha value is -1.85. The number of aryl methyl sites for hydroxylation is 1. The second kappa shape index (κ2) is 6.07. The summed E-state index contributed by atoms with van der Waals surface area (Å²) in [6.45, 7) is 4.85. The van der Waals surface area contributed by atoms with Crippen LogP contribution in [0.15, 0.2) is 6.20 Å². The van der Waals surface area contributed by atoms with Crippen molar-refractivity contribution in [2.24, 2.45) is 7.05 Å². The summed E-state index contributed by atoms with van der Waals surface area (Å²) in [4.78, 5) is 25.5. The van der Waals surface area contributed by atoms with Crippen LogP contribution in [0.5, 0.6) is 0 Å². The first-order valence-electron chi connectivity index (χ1n) is 7.10. The highest BCUT2D eigenvalue weighted by molar-refractivity contribution is 5.95. The van der Waals surface area contributed by atoms with Gasteiger partial charge in [0.2, 0.25) is 5.91 Å². The Labute approximate surface area is 119 Å². The van der Waals surface area contributed by atoms with Crippen molar-refractivity contribution in [3.8, 4) is 0 Å². The molecule has 110 valence electrons. The van der Waals surface area contributed by atoms with E-state index in [1.165, 1.54) is 6.92 Å². The fourth-order valence-corrected chi connectivity index (χ4v) is 2.80. The maximum Gasteiger partial charge on any atom is 0.257 e. The Morgan fingerprint density at radius 3 is 2.90 bits per heavy atom. The number of amides is 2. The molecule has 1 saturated heterocycles. The maximum absolute atomic E-state index is 12.6. The van der Waals surface area contributed by atoms with Gasteiger partial charge in [0.05, 0.1) is 17.5 Å². The van der Waals surface area contributed by atoms with E-state index >= 15 is 0 Å². The molecular formula is C14H22N4O2. The molecule has 2 heterocycles. The van der Waals surface area contributed by atoms with Gasteiger partial charge in [0, 0.05) is 33.1 Å². The van der Waals surface area contributed by atoms with Crippen LogP contribution >= 0.6 is 0 Å². The molecule has 1 aromatic rings. The molecule has 0 unspecified atom stereocenters. The number of rotatable bonds is 3. The van der Waals surface area contributed by atoms with Gasteiger partial charge in [-0.05, 0) is 19.3 Å². The average Bonchev–Trinajstić information content (AvgIpc) is 2.78. The van der Waals surface area contributed by atoms with E-state index in [0.29, 0.717) is 12.1 Å². The minimum Gasteiger partial charge on any atom is -0.352 e. The normalized spacial score (nSPS) is 18.9. The molecule has 1 aliphatic heterocycles. The molecule has 2 amide bonds. The molecule has 0 saturated carbocycles. The fraction of sp³-hybridized carbons (Fsp3) is 0.643. The molecule has 1 atom stereocenters. The molecule has 0 radical (unpaired) electrons. The Bertz CT molecular complexity index is 509. The summed E-state index contributed by atoms with van der Waals surface area (Å²) < 4.78 is 1.75. The van der Waals surface area contributed by atoms with Gasteiger partial charge in [-0.1, -0.05) is 6.92 Å². The van der Waals surface area contributed by atoms with Gasteiger partial charge < -0.3 is 10.2 Å². The van der Waals surface area contributed by atoms with E-state index in [9.17, 15) is 9.59 Å². The number of carbonyl (C=O) groups is 2. The van der Waals surface area contributed by atoms with Crippen molar-refractivity contribution in [2.45, 2.75) is 39.2 Å². The molecule has 20 heavy (non-hydrogen) atoms. The van der Waals surface area contributed by atoms with Crippen LogP contribution in [0.2, 0.25) is 0 Å². The van der Waals surface area contributed by atoms with Crippen LogP contribution in [0, 0.1) is 0 Å². The van der Waals surface area contributed by atoms with Crippen molar-refractivity contribution in [1.82, 2.24) is 20.0 Å². The number of carbonyl (C=O) groups excluding carboxylic acids is 2. The summed E-state index contributed by atoms with van der Waals surface area (Å²) in [5.74, 6) is -0.0232. The minimum atomic E-state index is -0.0417. The van der Waals surface area contributed by atoms with Gasteiger partial charge >= 0.3 is 0 Å². The second-order valence-electron chi connectivity index (χ2n) is 5.27. The molecule has 0 spiro atoms. The third-order valence-electron chi connectivity index (χ3n) is 3.74. The van der Waals surface area contributed by atoms with Gasteiger partial charge in [-0.25, -0.2) is 0 Å². The molecule has 1 aromatic heterocycles. The zero-order valence-electron chi connectivity index (χ0n) is 12.3. The van der Waals surface area contributed by atoms with Crippen LogP contribution < -0.4 is 5.32 Å². The highest BCUT2D eigenvalue weighted by atomic mass is 16.2. The van der Waals surface area contributed by atoms with Crippen LogP contribution in [0.1, 0.15) is 42.7 Å². The van der Waals surface area contributed by atoms with Gasteiger partial charge in [-0.3, -0.25) is 14.3 Å². The van der Waals surface area contributed by atoms with Crippen molar-refractivity contribution in [1.29, 1.82) is 0 Å². The molecule has 1 N–H and O–H groups in total. The van der Waals surface area contributed by atoms with Crippen molar-refractivity contribution in [3.05, 3.63) is 17.5 Å². The van der Waals surface area contributed by atoms with Crippen molar-refractivity contribution in [3.63, 3.8) is 0 Å². The van der Waals surface area contributed by atoms with E-state index in [0.717, 1.165) is 31.5 Å². The summed E-state index contributed by atoms with van der Waals surface area (Å²) in [6, 6.07) is 0.0620. The molecule has 0 aromatic carbocycles. The lowest BCUT2D eigenvalue weighted by molar-refractivity contribution is -0.120. The van der Waals surface area contributed by atoms with Gasteiger partial charge in [0.25, 0.3) is 5.91 Å². The Kier molecular flexibility index (Phi) is 4.42. The number of nitrogens with zero attached hydrogens (tertiary/aromatic N) is 3. The predicted molar refractivity (Wildman–Crippen MR) is 75.3 cm³/mol. The lowest BCUT2D eigenvalue weighted by Gasteiger charge is -2.33. The molecule has 6 heteroatoms. The van der Waals surface area contributed by atoms with E-state index in [-0.39, 0.29) is 17.9 Å². The lowest BCUT2D eigenvalue weighted by atomic mass is 10.0. The van der Waals surface area contributed by atoms with E-state index in [4.69, 9.17) is 0 Å². The molecular weight excluding hydrogens is 256 g/mol. The van der Waals surface area contributed by atoms with Crippen LogP contribution in [-0.4, -0.2) is 45.6 Å². The number of piperidine rings is 1. The van der Waals surface area contributed by atoms with Gasteiger partial charge in [0.1, 0.15) is 0 Å². The largest absolute Gasteiger partial charge is 0.352 e. The summed E-state index contributed by atoms with van der Waals surface area (Å²) in [5, 5.41) is 7.07. The molecule has 1 fully saturated rings. The molecule has 1 aliphatic rings. The zero-order chi connectivity index (χ0) is 14.7. The zero-order valence-corrected chi connectivity index (χ0v) is 12.3. The number of hydrogen-bond acceptors (Lipinski definition) is 3. The third kappa shape index (κ3) is 3.00. The van der Waals surface area contributed by atoms with E-state index < -0.39 is 0 Å². The van der Waals surface area contributed by atoms with Crippen LogP contribution in [0.3, 0.4) is 0 Å². The fourth-order valence-electron chi connectivity index (χ4n) is 2.80. The minimum absolute atomic E-state index is 0.0185. The number of likely N-dealkylation sites (tertiary alicyclic amines) is 1. The number of nitrogens with one attached hydrogen (secondary N) is 1. The lowest BCUT2D eigenvalue weighted by Crippen LogP contribution is -2.49. The first kappa shape index (κ1) is 14.6. The second-order valence-corrected chi connectivity index (χ2v) is 5.27. The van der Waals surface area contributed by atoms with E-state index in [1.807, 2.05) is 18.9 Å². The van der Waals surface area contributed by atoms with Crippen LogP contribution in [0.4, 0.5) is 0 Å². The Morgan fingerprint density at radius 1 is 1.50 bits per heavy atom. The number of hydrogen-bond donors (Lipinski definition) is 1.